The monoisotopic (exact) mass is 488 g/mol. The molecule has 0 spiro atoms. The summed E-state index contributed by atoms with van der Waals surface area (Å²) >= 11 is 0. The third-order valence-corrected chi connectivity index (χ3v) is 6.51. The van der Waals surface area contributed by atoms with Gasteiger partial charge in [-0.1, -0.05) is 12.1 Å². The van der Waals surface area contributed by atoms with Crippen molar-refractivity contribution in [3.05, 3.63) is 59.4 Å². The van der Waals surface area contributed by atoms with Gasteiger partial charge in [0.2, 0.25) is 11.8 Å². The summed E-state index contributed by atoms with van der Waals surface area (Å²) in [7, 11) is 3.29. The number of benzene rings is 2. The second kappa shape index (κ2) is 9.59. The highest BCUT2D eigenvalue weighted by Gasteiger charge is 2.38. The van der Waals surface area contributed by atoms with E-state index >= 15 is 0 Å². The number of carbonyl (C=O) groups is 2. The fourth-order valence-electron chi connectivity index (χ4n) is 4.52. The van der Waals surface area contributed by atoms with Gasteiger partial charge in [-0.25, -0.2) is 4.98 Å². The number of nitrogens with zero attached hydrogens (tertiary/aromatic N) is 2. The summed E-state index contributed by atoms with van der Waals surface area (Å²) < 4.78 is 45.8. The lowest BCUT2D eigenvalue weighted by atomic mass is 9.85. The van der Waals surface area contributed by atoms with E-state index in [0.29, 0.717) is 37.0 Å². The molecule has 3 aromatic rings. The Balaban J connectivity index is 1.38. The fourth-order valence-corrected chi connectivity index (χ4v) is 4.52. The van der Waals surface area contributed by atoms with E-state index in [-0.39, 0.29) is 30.3 Å². The van der Waals surface area contributed by atoms with Crippen LogP contribution in [-0.4, -0.2) is 34.0 Å². The number of ether oxygens (including phenoxy) is 1. The van der Waals surface area contributed by atoms with E-state index < -0.39 is 17.3 Å². The zero-order valence-electron chi connectivity index (χ0n) is 19.5. The molecule has 2 heterocycles. The third-order valence-electron chi connectivity index (χ3n) is 6.51. The van der Waals surface area contributed by atoms with Gasteiger partial charge in [0.05, 0.1) is 30.3 Å². The van der Waals surface area contributed by atoms with E-state index in [1.54, 1.807) is 18.7 Å². The number of carbonyl (C=O) groups excluding carboxylic acids is 2. The lowest BCUT2D eigenvalue weighted by Crippen LogP contribution is -2.44. The lowest BCUT2D eigenvalue weighted by Gasteiger charge is -2.29. The van der Waals surface area contributed by atoms with Crippen LogP contribution in [0.2, 0.25) is 0 Å². The molecule has 4 rings (SSSR count). The average molecular weight is 489 g/mol. The highest BCUT2D eigenvalue weighted by atomic mass is 19.4. The Kier molecular flexibility index (Phi) is 6.73. The van der Waals surface area contributed by atoms with Crippen molar-refractivity contribution in [3.63, 3.8) is 0 Å². The van der Waals surface area contributed by atoms with Crippen LogP contribution in [0, 0.1) is 0 Å². The molecule has 35 heavy (non-hydrogen) atoms. The summed E-state index contributed by atoms with van der Waals surface area (Å²) in [6.45, 7) is 0.0865. The molecule has 10 heteroatoms. The van der Waals surface area contributed by atoms with Crippen LogP contribution < -0.4 is 15.4 Å². The molecule has 2 amide bonds. The summed E-state index contributed by atoms with van der Waals surface area (Å²) in [4.78, 5) is 28.9. The predicted molar refractivity (Wildman–Crippen MR) is 124 cm³/mol. The van der Waals surface area contributed by atoms with Crippen molar-refractivity contribution in [2.75, 3.05) is 7.11 Å². The standard InChI is InChI=1S/C25H27F3N4O3/c1-32-20-8-5-17(25(26,27)28)13-19(20)30-21(32)15-29-22(33)9-11-24(12-10-23(34)31-24)14-16-3-6-18(35-2)7-4-16/h3-8,13H,9-12,14-15H2,1-2H3,(H,29,33)(H,31,34)/t24-/m1/s1. The summed E-state index contributed by atoms with van der Waals surface area (Å²) in [6.07, 6.45) is -2.14. The number of rotatable bonds is 8. The van der Waals surface area contributed by atoms with Crippen LogP contribution >= 0.6 is 0 Å². The molecule has 0 aliphatic carbocycles. The molecule has 1 fully saturated rings. The summed E-state index contributed by atoms with van der Waals surface area (Å²) in [5.41, 5.74) is 0.536. The number of hydrogen-bond donors (Lipinski definition) is 2. The summed E-state index contributed by atoms with van der Waals surface area (Å²) in [5.74, 6) is 0.948. The van der Waals surface area contributed by atoms with Gasteiger partial charge in [-0.15, -0.1) is 0 Å². The first-order valence-electron chi connectivity index (χ1n) is 11.3. The SMILES string of the molecule is COc1ccc(C[C@@]2(CCC(=O)NCc3nc4cc(C(F)(F)F)ccc4n3C)CCC(=O)N2)cc1. The van der Waals surface area contributed by atoms with Crippen LogP contribution in [0.1, 0.15) is 42.6 Å². The van der Waals surface area contributed by atoms with Crippen LogP contribution in [0.15, 0.2) is 42.5 Å². The third kappa shape index (κ3) is 5.58. The number of imidazole rings is 1. The topological polar surface area (TPSA) is 85.2 Å². The van der Waals surface area contributed by atoms with Crippen LogP contribution in [0.4, 0.5) is 13.2 Å². The zero-order valence-corrected chi connectivity index (χ0v) is 19.5. The van der Waals surface area contributed by atoms with Crippen molar-refractivity contribution in [1.29, 1.82) is 0 Å². The van der Waals surface area contributed by atoms with Crippen molar-refractivity contribution in [2.24, 2.45) is 7.05 Å². The van der Waals surface area contributed by atoms with Gasteiger partial charge in [0.15, 0.2) is 0 Å². The number of halogens is 3. The molecule has 2 aromatic carbocycles. The van der Waals surface area contributed by atoms with Crippen molar-refractivity contribution in [1.82, 2.24) is 20.2 Å². The molecule has 1 atom stereocenters. The smallest absolute Gasteiger partial charge is 0.416 e. The van der Waals surface area contributed by atoms with E-state index in [1.165, 1.54) is 6.07 Å². The molecular weight excluding hydrogens is 461 g/mol. The Morgan fingerprint density at radius 3 is 2.60 bits per heavy atom. The molecule has 1 saturated heterocycles. The maximum absolute atomic E-state index is 13.0. The van der Waals surface area contributed by atoms with Gasteiger partial charge >= 0.3 is 6.18 Å². The van der Waals surface area contributed by atoms with Gasteiger partial charge in [-0.05, 0) is 55.2 Å². The van der Waals surface area contributed by atoms with Crippen molar-refractivity contribution in [2.45, 2.75) is 50.4 Å². The summed E-state index contributed by atoms with van der Waals surface area (Å²) in [6, 6.07) is 11.0. The summed E-state index contributed by atoms with van der Waals surface area (Å²) in [5, 5.41) is 5.86. The molecule has 1 aliphatic heterocycles. The minimum atomic E-state index is -4.45. The largest absolute Gasteiger partial charge is 0.497 e. The number of hydrogen-bond acceptors (Lipinski definition) is 4. The number of alkyl halides is 3. The predicted octanol–water partition coefficient (Wildman–Crippen LogP) is 3.89. The van der Waals surface area contributed by atoms with Gasteiger partial charge in [-0.3, -0.25) is 9.59 Å². The molecule has 0 saturated carbocycles. The number of fused-ring (bicyclic) bond motifs is 1. The van der Waals surface area contributed by atoms with E-state index in [9.17, 15) is 22.8 Å². The van der Waals surface area contributed by atoms with Gasteiger partial charge in [0.1, 0.15) is 11.6 Å². The van der Waals surface area contributed by atoms with Crippen LogP contribution in [0.5, 0.6) is 5.75 Å². The molecule has 0 bridgehead atoms. The Hall–Kier alpha value is -3.56. The Labute approximate surface area is 200 Å². The van der Waals surface area contributed by atoms with Crippen LogP contribution in [-0.2, 0) is 35.8 Å². The molecule has 0 radical (unpaired) electrons. The average Bonchev–Trinajstić information content (AvgIpc) is 3.35. The highest BCUT2D eigenvalue weighted by Crippen LogP contribution is 2.32. The van der Waals surface area contributed by atoms with Crippen molar-refractivity contribution >= 4 is 22.8 Å². The Morgan fingerprint density at radius 2 is 1.97 bits per heavy atom. The Morgan fingerprint density at radius 1 is 1.23 bits per heavy atom. The van der Waals surface area contributed by atoms with Crippen molar-refractivity contribution < 1.29 is 27.5 Å². The number of aromatic nitrogens is 2. The fraction of sp³-hybridized carbons (Fsp3) is 0.400. The number of methoxy groups -OCH3 is 1. The maximum Gasteiger partial charge on any atom is 0.416 e. The van der Waals surface area contributed by atoms with Gasteiger partial charge in [0, 0.05) is 25.4 Å². The molecule has 7 nitrogen and oxygen atoms in total. The number of amides is 2. The van der Waals surface area contributed by atoms with Crippen LogP contribution in [0.3, 0.4) is 0 Å². The zero-order chi connectivity index (χ0) is 25.2. The molecular formula is C25H27F3N4O3. The minimum Gasteiger partial charge on any atom is -0.497 e. The highest BCUT2D eigenvalue weighted by molar-refractivity contribution is 5.80. The molecule has 0 unspecified atom stereocenters. The molecule has 186 valence electrons. The minimum absolute atomic E-state index is 0.0307. The first-order chi connectivity index (χ1) is 16.6. The van der Waals surface area contributed by atoms with Gasteiger partial charge in [0.25, 0.3) is 0 Å². The number of nitrogens with one attached hydrogen (secondary N) is 2. The number of aryl methyl sites for hydroxylation is 1. The first-order valence-corrected chi connectivity index (χ1v) is 11.3. The van der Waals surface area contributed by atoms with Gasteiger partial charge < -0.3 is 19.9 Å². The van der Waals surface area contributed by atoms with E-state index in [2.05, 4.69) is 15.6 Å². The first kappa shape index (κ1) is 24.6. The molecule has 2 N–H and O–H groups in total. The Bertz CT molecular complexity index is 1240. The quantitative estimate of drug-likeness (QED) is 0.504. The molecule has 1 aliphatic rings. The van der Waals surface area contributed by atoms with E-state index in [0.717, 1.165) is 23.4 Å². The van der Waals surface area contributed by atoms with Gasteiger partial charge in [-0.2, -0.15) is 13.2 Å². The molecule has 1 aromatic heterocycles. The van der Waals surface area contributed by atoms with E-state index in [4.69, 9.17) is 4.74 Å². The second-order valence-corrected chi connectivity index (χ2v) is 8.92. The second-order valence-electron chi connectivity index (χ2n) is 8.92. The van der Waals surface area contributed by atoms with Crippen molar-refractivity contribution in [3.8, 4) is 5.75 Å². The lowest BCUT2D eigenvalue weighted by molar-refractivity contribution is -0.137. The van der Waals surface area contributed by atoms with E-state index in [1.807, 2.05) is 24.3 Å². The normalized spacial score (nSPS) is 18.0. The maximum atomic E-state index is 13.0. The van der Waals surface area contributed by atoms with Crippen LogP contribution in [0.25, 0.3) is 11.0 Å².